The predicted octanol–water partition coefficient (Wildman–Crippen LogP) is 1.60. The molecule has 0 aliphatic rings. The lowest BCUT2D eigenvalue weighted by Crippen LogP contribution is -2.20. The number of rotatable bonds is 5. The maximum atomic E-state index is 11.9. The molecular formula is C13H15N3O2S. The summed E-state index contributed by atoms with van der Waals surface area (Å²) in [6.45, 7) is 0.518. The summed E-state index contributed by atoms with van der Waals surface area (Å²) >= 11 is 0. The van der Waals surface area contributed by atoms with Crippen LogP contribution in [0.3, 0.4) is 0 Å². The van der Waals surface area contributed by atoms with Gasteiger partial charge in [-0.15, -0.1) is 0 Å². The number of nitrogens with zero attached hydrogens (tertiary/aromatic N) is 1. The Bertz CT molecular complexity index is 642. The van der Waals surface area contributed by atoms with Crippen molar-refractivity contribution in [2.45, 2.75) is 11.4 Å². The van der Waals surface area contributed by atoms with Gasteiger partial charge in [0.05, 0.1) is 5.69 Å². The molecule has 19 heavy (non-hydrogen) atoms. The Morgan fingerprint density at radius 3 is 2.63 bits per heavy atom. The van der Waals surface area contributed by atoms with Gasteiger partial charge in [-0.25, -0.2) is 13.1 Å². The van der Waals surface area contributed by atoms with Crippen LogP contribution < -0.4 is 10.0 Å². The van der Waals surface area contributed by atoms with Gasteiger partial charge in [-0.05, 0) is 30.8 Å². The van der Waals surface area contributed by atoms with E-state index in [1.165, 1.54) is 7.05 Å². The van der Waals surface area contributed by atoms with E-state index in [0.717, 1.165) is 5.56 Å². The van der Waals surface area contributed by atoms with Crippen LogP contribution in [-0.2, 0) is 16.6 Å². The lowest BCUT2D eigenvalue weighted by Gasteiger charge is -2.11. The Morgan fingerprint density at radius 2 is 1.95 bits per heavy atom. The second kappa shape index (κ2) is 5.81. The number of aromatic nitrogens is 1. The highest BCUT2D eigenvalue weighted by atomic mass is 32.2. The Morgan fingerprint density at radius 1 is 1.16 bits per heavy atom. The van der Waals surface area contributed by atoms with Crippen molar-refractivity contribution < 1.29 is 8.42 Å². The zero-order valence-electron chi connectivity index (χ0n) is 10.5. The first kappa shape index (κ1) is 13.5. The van der Waals surface area contributed by atoms with Crippen molar-refractivity contribution >= 4 is 15.7 Å². The first-order chi connectivity index (χ1) is 9.13. The summed E-state index contributed by atoms with van der Waals surface area (Å²) in [6.07, 6.45) is 3.44. The van der Waals surface area contributed by atoms with Crippen LogP contribution in [0, 0.1) is 0 Å². The van der Waals surface area contributed by atoms with E-state index in [1.807, 2.05) is 12.1 Å². The van der Waals surface area contributed by atoms with Crippen molar-refractivity contribution in [1.29, 1.82) is 0 Å². The van der Waals surface area contributed by atoms with Gasteiger partial charge in [0.1, 0.15) is 4.90 Å². The van der Waals surface area contributed by atoms with Crippen LogP contribution in [0.5, 0.6) is 0 Å². The molecule has 0 aliphatic heterocycles. The Hall–Kier alpha value is -1.92. The zero-order chi connectivity index (χ0) is 13.7. The molecule has 0 saturated heterocycles. The molecule has 6 heteroatoms. The molecule has 0 unspecified atom stereocenters. The van der Waals surface area contributed by atoms with Gasteiger partial charge < -0.3 is 5.32 Å². The number of nitrogens with one attached hydrogen (secondary N) is 2. The maximum Gasteiger partial charge on any atom is 0.242 e. The van der Waals surface area contributed by atoms with Crippen LogP contribution in [0.4, 0.5) is 5.69 Å². The van der Waals surface area contributed by atoms with Crippen molar-refractivity contribution in [2.24, 2.45) is 0 Å². The summed E-state index contributed by atoms with van der Waals surface area (Å²) in [6, 6.07) is 10.6. The summed E-state index contributed by atoms with van der Waals surface area (Å²) in [7, 11) is -2.07. The van der Waals surface area contributed by atoms with E-state index in [9.17, 15) is 8.42 Å². The molecule has 1 aromatic carbocycles. The quantitative estimate of drug-likeness (QED) is 0.871. The molecule has 0 amide bonds. The minimum absolute atomic E-state index is 0.237. The molecular weight excluding hydrogens is 262 g/mol. The van der Waals surface area contributed by atoms with Gasteiger partial charge in [-0.3, -0.25) is 4.98 Å². The van der Waals surface area contributed by atoms with Crippen LogP contribution in [-0.4, -0.2) is 20.4 Å². The van der Waals surface area contributed by atoms with Crippen molar-refractivity contribution in [2.75, 3.05) is 12.4 Å². The SMILES string of the molecule is CNS(=O)(=O)c1ccccc1NCc1cccnc1. The standard InChI is InChI=1S/C13H15N3O2S/c1-14-19(17,18)13-7-3-2-6-12(13)16-10-11-5-4-8-15-9-11/h2-9,14,16H,10H2,1H3. The molecule has 0 fully saturated rings. The lowest BCUT2D eigenvalue weighted by atomic mass is 10.2. The average Bonchev–Trinajstić information content (AvgIpc) is 2.46. The number of pyridine rings is 1. The van der Waals surface area contributed by atoms with E-state index in [0.29, 0.717) is 12.2 Å². The Balaban J connectivity index is 2.22. The predicted molar refractivity (Wildman–Crippen MR) is 74.3 cm³/mol. The fourth-order valence-electron chi connectivity index (χ4n) is 1.66. The third kappa shape index (κ3) is 3.30. The first-order valence-corrected chi connectivity index (χ1v) is 7.27. The third-order valence-electron chi connectivity index (χ3n) is 2.65. The largest absolute Gasteiger partial charge is 0.380 e. The minimum atomic E-state index is -3.46. The molecule has 0 aliphatic carbocycles. The van der Waals surface area contributed by atoms with Gasteiger partial charge in [-0.2, -0.15) is 0 Å². The highest BCUT2D eigenvalue weighted by Gasteiger charge is 2.15. The number of sulfonamides is 1. The highest BCUT2D eigenvalue weighted by Crippen LogP contribution is 2.20. The smallest absolute Gasteiger partial charge is 0.242 e. The molecule has 0 saturated carbocycles. The van der Waals surface area contributed by atoms with Crippen LogP contribution in [0.1, 0.15) is 5.56 Å². The Labute approximate surface area is 112 Å². The molecule has 5 nitrogen and oxygen atoms in total. The van der Waals surface area contributed by atoms with E-state index in [1.54, 1.807) is 36.7 Å². The van der Waals surface area contributed by atoms with Crippen molar-refractivity contribution in [3.63, 3.8) is 0 Å². The van der Waals surface area contributed by atoms with Gasteiger partial charge in [0.2, 0.25) is 10.0 Å². The van der Waals surface area contributed by atoms with E-state index < -0.39 is 10.0 Å². The summed E-state index contributed by atoms with van der Waals surface area (Å²) in [5.74, 6) is 0. The first-order valence-electron chi connectivity index (χ1n) is 5.79. The number of hydrogen-bond acceptors (Lipinski definition) is 4. The molecule has 0 atom stereocenters. The van der Waals surface area contributed by atoms with Gasteiger partial charge in [0.25, 0.3) is 0 Å². The van der Waals surface area contributed by atoms with Crippen molar-refractivity contribution in [3.05, 3.63) is 54.4 Å². The number of benzene rings is 1. The van der Waals surface area contributed by atoms with Crippen LogP contribution >= 0.6 is 0 Å². The normalized spacial score (nSPS) is 11.2. The molecule has 0 radical (unpaired) electrons. The summed E-state index contributed by atoms with van der Waals surface area (Å²) in [5, 5.41) is 3.11. The van der Waals surface area contributed by atoms with Gasteiger partial charge in [0.15, 0.2) is 0 Å². The van der Waals surface area contributed by atoms with E-state index >= 15 is 0 Å². The second-order valence-corrected chi connectivity index (χ2v) is 5.77. The molecule has 1 aromatic heterocycles. The molecule has 0 spiro atoms. The molecule has 100 valence electrons. The van der Waals surface area contributed by atoms with Crippen molar-refractivity contribution in [1.82, 2.24) is 9.71 Å². The second-order valence-electron chi connectivity index (χ2n) is 3.92. The Kier molecular flexibility index (Phi) is 4.13. The van der Waals surface area contributed by atoms with Gasteiger partial charge in [-0.1, -0.05) is 18.2 Å². The number of para-hydroxylation sites is 1. The van der Waals surface area contributed by atoms with E-state index in [2.05, 4.69) is 15.0 Å². The minimum Gasteiger partial charge on any atom is -0.380 e. The third-order valence-corrected chi connectivity index (χ3v) is 4.12. The molecule has 1 heterocycles. The van der Waals surface area contributed by atoms with E-state index in [-0.39, 0.29) is 4.90 Å². The fourth-order valence-corrected chi connectivity index (χ4v) is 2.56. The highest BCUT2D eigenvalue weighted by molar-refractivity contribution is 7.89. The van der Waals surface area contributed by atoms with Crippen LogP contribution in [0.25, 0.3) is 0 Å². The fraction of sp³-hybridized carbons (Fsp3) is 0.154. The number of anilines is 1. The molecule has 0 bridgehead atoms. The molecule has 2 aromatic rings. The summed E-state index contributed by atoms with van der Waals surface area (Å²) in [4.78, 5) is 4.25. The topological polar surface area (TPSA) is 71.1 Å². The van der Waals surface area contributed by atoms with Gasteiger partial charge >= 0.3 is 0 Å². The lowest BCUT2D eigenvalue weighted by molar-refractivity contribution is 0.588. The van der Waals surface area contributed by atoms with Gasteiger partial charge in [0, 0.05) is 18.9 Å². The zero-order valence-corrected chi connectivity index (χ0v) is 11.3. The van der Waals surface area contributed by atoms with Crippen LogP contribution in [0.15, 0.2) is 53.7 Å². The van der Waals surface area contributed by atoms with E-state index in [4.69, 9.17) is 0 Å². The average molecular weight is 277 g/mol. The summed E-state index contributed by atoms with van der Waals surface area (Å²) in [5.41, 5.74) is 1.56. The van der Waals surface area contributed by atoms with Crippen LogP contribution in [0.2, 0.25) is 0 Å². The van der Waals surface area contributed by atoms with Crippen molar-refractivity contribution in [3.8, 4) is 0 Å². The number of hydrogen-bond donors (Lipinski definition) is 2. The monoisotopic (exact) mass is 277 g/mol. The maximum absolute atomic E-state index is 11.9. The molecule has 2 N–H and O–H groups in total. The molecule has 2 rings (SSSR count). The summed E-state index contributed by atoms with van der Waals surface area (Å²) < 4.78 is 26.1.